The summed E-state index contributed by atoms with van der Waals surface area (Å²) >= 11 is 0. The molecule has 0 fully saturated rings. The summed E-state index contributed by atoms with van der Waals surface area (Å²) in [4.78, 5) is 12.1. The largest absolute Gasteiger partial charge is 0.493 e. The SMILES string of the molecule is COc1ccc(CC(=O)NCc2cc3ccccc3o2)cc1OC. The molecule has 1 heterocycles. The molecule has 1 aromatic heterocycles. The first-order valence-electron chi connectivity index (χ1n) is 7.64. The highest BCUT2D eigenvalue weighted by Crippen LogP contribution is 2.27. The zero-order valence-electron chi connectivity index (χ0n) is 13.7. The van der Waals surface area contributed by atoms with Gasteiger partial charge in [-0.15, -0.1) is 0 Å². The fourth-order valence-electron chi connectivity index (χ4n) is 2.55. The lowest BCUT2D eigenvalue weighted by atomic mass is 10.1. The Labute approximate surface area is 140 Å². The summed E-state index contributed by atoms with van der Waals surface area (Å²) in [5, 5.41) is 3.90. The zero-order valence-corrected chi connectivity index (χ0v) is 13.7. The van der Waals surface area contributed by atoms with Crippen LogP contribution in [0.2, 0.25) is 0 Å². The Bertz CT molecular complexity index is 820. The van der Waals surface area contributed by atoms with Crippen LogP contribution in [0.15, 0.2) is 52.9 Å². The number of amides is 1. The minimum Gasteiger partial charge on any atom is -0.493 e. The van der Waals surface area contributed by atoms with Crippen molar-refractivity contribution in [1.29, 1.82) is 0 Å². The third kappa shape index (κ3) is 3.51. The molecule has 0 saturated heterocycles. The molecule has 0 aliphatic carbocycles. The van der Waals surface area contributed by atoms with Crippen LogP contribution in [-0.4, -0.2) is 20.1 Å². The summed E-state index contributed by atoms with van der Waals surface area (Å²) in [7, 11) is 3.15. The predicted octanol–water partition coefficient (Wildman–Crippen LogP) is 3.31. The Balaban J connectivity index is 1.61. The topological polar surface area (TPSA) is 60.7 Å². The van der Waals surface area contributed by atoms with Gasteiger partial charge in [0.25, 0.3) is 0 Å². The molecule has 0 aliphatic rings. The van der Waals surface area contributed by atoms with Crippen LogP contribution in [0.25, 0.3) is 11.0 Å². The molecule has 0 spiro atoms. The van der Waals surface area contributed by atoms with Crippen molar-refractivity contribution >= 4 is 16.9 Å². The van der Waals surface area contributed by atoms with Gasteiger partial charge in [0.15, 0.2) is 11.5 Å². The van der Waals surface area contributed by atoms with E-state index in [9.17, 15) is 4.79 Å². The van der Waals surface area contributed by atoms with Crippen molar-refractivity contribution in [1.82, 2.24) is 5.32 Å². The van der Waals surface area contributed by atoms with E-state index in [-0.39, 0.29) is 12.3 Å². The molecule has 3 rings (SSSR count). The van der Waals surface area contributed by atoms with E-state index < -0.39 is 0 Å². The molecule has 1 amide bonds. The Morgan fingerprint density at radius 2 is 1.83 bits per heavy atom. The second kappa shape index (κ2) is 7.08. The minimum absolute atomic E-state index is 0.0809. The minimum atomic E-state index is -0.0809. The molecule has 5 nitrogen and oxygen atoms in total. The van der Waals surface area contributed by atoms with Gasteiger partial charge in [-0.1, -0.05) is 24.3 Å². The first-order valence-corrected chi connectivity index (χ1v) is 7.64. The molecule has 0 saturated carbocycles. The van der Waals surface area contributed by atoms with E-state index >= 15 is 0 Å². The van der Waals surface area contributed by atoms with Crippen molar-refractivity contribution in [2.45, 2.75) is 13.0 Å². The fraction of sp³-hybridized carbons (Fsp3) is 0.211. The van der Waals surface area contributed by atoms with Gasteiger partial charge in [0.2, 0.25) is 5.91 Å². The molecule has 0 radical (unpaired) electrons. The van der Waals surface area contributed by atoms with Gasteiger partial charge in [-0.25, -0.2) is 0 Å². The monoisotopic (exact) mass is 325 g/mol. The lowest BCUT2D eigenvalue weighted by molar-refractivity contribution is -0.120. The molecule has 124 valence electrons. The normalized spacial score (nSPS) is 10.6. The molecular weight excluding hydrogens is 306 g/mol. The average Bonchev–Trinajstić information content (AvgIpc) is 3.03. The lowest BCUT2D eigenvalue weighted by Gasteiger charge is -2.09. The van der Waals surface area contributed by atoms with Crippen molar-refractivity contribution in [3.63, 3.8) is 0 Å². The summed E-state index contributed by atoms with van der Waals surface area (Å²) < 4.78 is 16.1. The quantitative estimate of drug-likeness (QED) is 0.755. The van der Waals surface area contributed by atoms with E-state index in [1.807, 2.05) is 36.4 Å². The number of benzene rings is 2. The average molecular weight is 325 g/mol. The Hall–Kier alpha value is -2.95. The van der Waals surface area contributed by atoms with Gasteiger partial charge < -0.3 is 19.2 Å². The molecule has 1 N–H and O–H groups in total. The number of para-hydroxylation sites is 1. The van der Waals surface area contributed by atoms with Gasteiger partial charge in [0.1, 0.15) is 11.3 Å². The number of nitrogens with one attached hydrogen (secondary N) is 1. The van der Waals surface area contributed by atoms with Gasteiger partial charge in [-0.05, 0) is 29.8 Å². The van der Waals surface area contributed by atoms with Crippen LogP contribution in [0.5, 0.6) is 11.5 Å². The summed E-state index contributed by atoms with van der Waals surface area (Å²) in [5.74, 6) is 1.91. The van der Waals surface area contributed by atoms with Crippen LogP contribution in [0.1, 0.15) is 11.3 Å². The van der Waals surface area contributed by atoms with Crippen LogP contribution in [0, 0.1) is 0 Å². The van der Waals surface area contributed by atoms with Crippen molar-refractivity contribution < 1.29 is 18.7 Å². The summed E-state index contributed by atoms with van der Waals surface area (Å²) in [5.41, 5.74) is 1.68. The molecule has 0 aliphatic heterocycles. The molecule has 3 aromatic rings. The molecule has 5 heteroatoms. The second-order valence-corrected chi connectivity index (χ2v) is 5.39. The predicted molar refractivity (Wildman–Crippen MR) is 91.3 cm³/mol. The maximum Gasteiger partial charge on any atom is 0.224 e. The highest BCUT2D eigenvalue weighted by Gasteiger charge is 2.09. The van der Waals surface area contributed by atoms with E-state index in [2.05, 4.69) is 5.32 Å². The second-order valence-electron chi connectivity index (χ2n) is 5.39. The standard InChI is InChI=1S/C19H19NO4/c1-22-17-8-7-13(9-18(17)23-2)10-19(21)20-12-15-11-14-5-3-4-6-16(14)24-15/h3-9,11H,10,12H2,1-2H3,(H,20,21). The van der Waals surface area contributed by atoms with Crippen molar-refractivity contribution in [3.05, 3.63) is 59.9 Å². The van der Waals surface area contributed by atoms with Gasteiger partial charge in [0.05, 0.1) is 27.2 Å². The third-order valence-corrected chi connectivity index (χ3v) is 3.75. The van der Waals surface area contributed by atoms with Crippen LogP contribution in [0.3, 0.4) is 0 Å². The van der Waals surface area contributed by atoms with Crippen molar-refractivity contribution in [2.75, 3.05) is 14.2 Å². The van der Waals surface area contributed by atoms with Crippen LogP contribution in [-0.2, 0) is 17.8 Å². The molecule has 0 unspecified atom stereocenters. The van der Waals surface area contributed by atoms with E-state index in [0.29, 0.717) is 18.0 Å². The number of fused-ring (bicyclic) bond motifs is 1. The maximum absolute atomic E-state index is 12.1. The number of methoxy groups -OCH3 is 2. The van der Waals surface area contributed by atoms with Gasteiger partial charge in [0, 0.05) is 5.39 Å². The van der Waals surface area contributed by atoms with Crippen LogP contribution >= 0.6 is 0 Å². The lowest BCUT2D eigenvalue weighted by Crippen LogP contribution is -2.24. The van der Waals surface area contributed by atoms with Gasteiger partial charge in [-0.2, -0.15) is 0 Å². The number of carbonyl (C=O) groups excluding carboxylic acids is 1. The number of hydrogen-bond donors (Lipinski definition) is 1. The number of hydrogen-bond acceptors (Lipinski definition) is 4. The number of carbonyl (C=O) groups is 1. The summed E-state index contributed by atoms with van der Waals surface area (Å²) in [6, 6.07) is 15.1. The van der Waals surface area contributed by atoms with E-state index in [4.69, 9.17) is 13.9 Å². The highest BCUT2D eigenvalue weighted by atomic mass is 16.5. The smallest absolute Gasteiger partial charge is 0.224 e. The third-order valence-electron chi connectivity index (χ3n) is 3.75. The maximum atomic E-state index is 12.1. The molecule has 0 atom stereocenters. The highest BCUT2D eigenvalue weighted by molar-refractivity contribution is 5.80. The zero-order chi connectivity index (χ0) is 16.9. The first-order chi connectivity index (χ1) is 11.7. The van der Waals surface area contributed by atoms with Gasteiger partial charge in [-0.3, -0.25) is 4.79 Å². The Kier molecular flexibility index (Phi) is 4.70. The van der Waals surface area contributed by atoms with Gasteiger partial charge >= 0.3 is 0 Å². The van der Waals surface area contributed by atoms with E-state index in [0.717, 1.165) is 22.3 Å². The Morgan fingerprint density at radius 3 is 2.58 bits per heavy atom. The summed E-state index contributed by atoms with van der Waals surface area (Å²) in [6.45, 7) is 0.362. The summed E-state index contributed by atoms with van der Waals surface area (Å²) in [6.07, 6.45) is 0.264. The number of furan rings is 1. The van der Waals surface area contributed by atoms with Crippen molar-refractivity contribution in [3.8, 4) is 11.5 Å². The Morgan fingerprint density at radius 1 is 1.04 bits per heavy atom. The molecule has 0 bridgehead atoms. The van der Waals surface area contributed by atoms with Crippen LogP contribution < -0.4 is 14.8 Å². The van der Waals surface area contributed by atoms with E-state index in [1.165, 1.54) is 0 Å². The van der Waals surface area contributed by atoms with Crippen LogP contribution in [0.4, 0.5) is 0 Å². The first kappa shape index (κ1) is 15.9. The number of ether oxygens (including phenoxy) is 2. The number of rotatable bonds is 6. The molecular formula is C19H19NO4. The molecule has 24 heavy (non-hydrogen) atoms. The fourth-order valence-corrected chi connectivity index (χ4v) is 2.55. The van der Waals surface area contributed by atoms with E-state index in [1.54, 1.807) is 26.4 Å². The molecule has 2 aromatic carbocycles. The van der Waals surface area contributed by atoms with Crippen molar-refractivity contribution in [2.24, 2.45) is 0 Å².